The molecular formula is C19H28FN5O. The Labute approximate surface area is 154 Å². The minimum absolute atomic E-state index is 0.135. The summed E-state index contributed by atoms with van der Waals surface area (Å²) in [7, 11) is 1.73. The zero-order valence-corrected chi connectivity index (χ0v) is 15.5. The summed E-state index contributed by atoms with van der Waals surface area (Å²) in [6, 6.07) is 6.88. The Bertz CT molecular complexity index is 637. The third kappa shape index (κ3) is 4.45. The smallest absolute Gasteiger partial charge is 0.241 e. The molecule has 7 heteroatoms. The molecule has 1 N–H and O–H groups in total. The van der Waals surface area contributed by atoms with Gasteiger partial charge in [0.05, 0.1) is 12.2 Å². The number of anilines is 1. The Hall–Kier alpha value is -2.31. The van der Waals surface area contributed by atoms with Crippen LogP contribution in [0.4, 0.5) is 10.1 Å². The highest BCUT2D eigenvalue weighted by atomic mass is 19.1. The van der Waals surface area contributed by atoms with E-state index >= 15 is 0 Å². The number of rotatable bonds is 3. The second kappa shape index (κ2) is 8.87. The van der Waals surface area contributed by atoms with Crippen molar-refractivity contribution >= 4 is 17.6 Å². The van der Waals surface area contributed by atoms with E-state index in [-0.39, 0.29) is 18.3 Å². The largest absolute Gasteiger partial charge is 0.366 e. The Morgan fingerprint density at radius 1 is 1.04 bits per heavy atom. The van der Waals surface area contributed by atoms with E-state index < -0.39 is 0 Å². The topological polar surface area (TPSA) is 51.2 Å². The number of piperidine rings is 1. The summed E-state index contributed by atoms with van der Waals surface area (Å²) in [5.74, 6) is 0.690. The van der Waals surface area contributed by atoms with E-state index in [1.807, 2.05) is 17.0 Å². The molecule has 2 aliphatic heterocycles. The predicted molar refractivity (Wildman–Crippen MR) is 102 cm³/mol. The maximum absolute atomic E-state index is 13.9. The molecule has 1 aromatic carbocycles. The molecule has 0 unspecified atom stereocenters. The standard InChI is InChI=1S/C19H28FN5O/c1-21-19(22-15-18(26)24-9-5-2-6-10-24)25-13-11-23(12-14-25)17-8-4-3-7-16(17)20/h3-4,7-8H,2,5-6,9-15H2,1H3,(H,21,22). The molecule has 2 saturated heterocycles. The molecule has 142 valence electrons. The number of para-hydroxylation sites is 1. The summed E-state index contributed by atoms with van der Waals surface area (Å²) in [6.07, 6.45) is 3.40. The Balaban J connectivity index is 1.49. The van der Waals surface area contributed by atoms with Gasteiger partial charge in [0.15, 0.2) is 5.96 Å². The minimum atomic E-state index is -0.185. The number of nitrogens with zero attached hydrogens (tertiary/aromatic N) is 4. The molecule has 0 aromatic heterocycles. The number of benzene rings is 1. The van der Waals surface area contributed by atoms with Crippen LogP contribution in [0.3, 0.4) is 0 Å². The molecule has 3 rings (SSSR count). The molecule has 0 spiro atoms. The summed E-state index contributed by atoms with van der Waals surface area (Å²) in [4.78, 5) is 22.7. The van der Waals surface area contributed by atoms with Crippen LogP contribution in [0.25, 0.3) is 0 Å². The molecule has 6 nitrogen and oxygen atoms in total. The van der Waals surface area contributed by atoms with Crippen LogP contribution in [0.5, 0.6) is 0 Å². The van der Waals surface area contributed by atoms with Crippen LogP contribution in [0.15, 0.2) is 29.3 Å². The van der Waals surface area contributed by atoms with Crippen LogP contribution in [-0.2, 0) is 4.79 Å². The van der Waals surface area contributed by atoms with E-state index in [0.717, 1.165) is 58.1 Å². The lowest BCUT2D eigenvalue weighted by molar-refractivity contribution is -0.130. The van der Waals surface area contributed by atoms with Crippen molar-refractivity contribution in [3.63, 3.8) is 0 Å². The van der Waals surface area contributed by atoms with Crippen LogP contribution in [-0.4, -0.2) is 74.5 Å². The van der Waals surface area contributed by atoms with Crippen molar-refractivity contribution in [1.82, 2.24) is 15.1 Å². The minimum Gasteiger partial charge on any atom is -0.366 e. The van der Waals surface area contributed by atoms with Gasteiger partial charge in [-0.25, -0.2) is 4.39 Å². The molecule has 1 aromatic rings. The van der Waals surface area contributed by atoms with Crippen molar-refractivity contribution in [3.8, 4) is 0 Å². The zero-order valence-electron chi connectivity index (χ0n) is 15.5. The van der Waals surface area contributed by atoms with Gasteiger partial charge >= 0.3 is 0 Å². The van der Waals surface area contributed by atoms with E-state index in [1.165, 1.54) is 12.5 Å². The van der Waals surface area contributed by atoms with Crippen LogP contribution in [0, 0.1) is 5.82 Å². The van der Waals surface area contributed by atoms with Crippen LogP contribution in [0.1, 0.15) is 19.3 Å². The Morgan fingerprint density at radius 3 is 2.38 bits per heavy atom. The van der Waals surface area contributed by atoms with E-state index in [9.17, 15) is 9.18 Å². The predicted octanol–water partition coefficient (Wildman–Crippen LogP) is 1.54. The van der Waals surface area contributed by atoms with Gasteiger partial charge in [0, 0.05) is 46.3 Å². The summed E-state index contributed by atoms with van der Waals surface area (Å²) >= 11 is 0. The first-order valence-corrected chi connectivity index (χ1v) is 9.42. The van der Waals surface area contributed by atoms with Gasteiger partial charge in [0.25, 0.3) is 0 Å². The van der Waals surface area contributed by atoms with Crippen molar-refractivity contribution in [3.05, 3.63) is 30.1 Å². The number of likely N-dealkylation sites (tertiary alicyclic amines) is 1. The first kappa shape index (κ1) is 18.5. The van der Waals surface area contributed by atoms with Crippen LogP contribution >= 0.6 is 0 Å². The highest BCUT2D eigenvalue weighted by Crippen LogP contribution is 2.20. The van der Waals surface area contributed by atoms with Crippen molar-refractivity contribution in [2.75, 3.05) is 57.8 Å². The normalized spacial score (nSPS) is 18.8. The van der Waals surface area contributed by atoms with Crippen LogP contribution < -0.4 is 10.2 Å². The third-order valence-electron chi connectivity index (χ3n) is 5.09. The van der Waals surface area contributed by atoms with E-state index in [1.54, 1.807) is 13.1 Å². The van der Waals surface area contributed by atoms with Crippen molar-refractivity contribution in [2.24, 2.45) is 4.99 Å². The second-order valence-electron chi connectivity index (χ2n) is 6.77. The number of piperazine rings is 1. The summed E-state index contributed by atoms with van der Waals surface area (Å²) in [6.45, 7) is 4.93. The van der Waals surface area contributed by atoms with Crippen LogP contribution in [0.2, 0.25) is 0 Å². The number of amides is 1. The number of nitrogens with one attached hydrogen (secondary N) is 1. The number of hydrogen-bond donors (Lipinski definition) is 1. The summed E-state index contributed by atoms with van der Waals surface area (Å²) < 4.78 is 13.9. The SMILES string of the molecule is CN=C(NCC(=O)N1CCCCC1)N1CCN(c2ccccc2F)CC1. The van der Waals surface area contributed by atoms with Crippen molar-refractivity contribution < 1.29 is 9.18 Å². The first-order valence-electron chi connectivity index (χ1n) is 9.42. The highest BCUT2D eigenvalue weighted by molar-refractivity contribution is 5.86. The summed E-state index contributed by atoms with van der Waals surface area (Å²) in [5.41, 5.74) is 0.648. The molecule has 0 radical (unpaired) electrons. The Morgan fingerprint density at radius 2 is 1.73 bits per heavy atom. The first-order chi connectivity index (χ1) is 12.7. The molecule has 2 fully saturated rings. The average molecular weight is 361 g/mol. The van der Waals surface area contributed by atoms with Gasteiger partial charge in [-0.3, -0.25) is 9.79 Å². The number of carbonyl (C=O) groups is 1. The third-order valence-corrected chi connectivity index (χ3v) is 5.09. The Kier molecular flexibility index (Phi) is 6.30. The molecule has 1 amide bonds. The number of guanidine groups is 1. The van der Waals surface area contributed by atoms with Gasteiger partial charge in [-0.2, -0.15) is 0 Å². The van der Waals surface area contributed by atoms with E-state index in [4.69, 9.17) is 0 Å². The van der Waals surface area contributed by atoms with Gasteiger partial charge in [-0.05, 0) is 31.4 Å². The molecular weight excluding hydrogens is 333 g/mol. The average Bonchev–Trinajstić information content (AvgIpc) is 2.70. The molecule has 0 aliphatic carbocycles. The maximum atomic E-state index is 13.9. The zero-order chi connectivity index (χ0) is 18.4. The fourth-order valence-corrected chi connectivity index (χ4v) is 3.61. The van der Waals surface area contributed by atoms with Gasteiger partial charge in [0.2, 0.25) is 5.91 Å². The lowest BCUT2D eigenvalue weighted by Crippen LogP contribution is -2.54. The fourth-order valence-electron chi connectivity index (χ4n) is 3.61. The second-order valence-corrected chi connectivity index (χ2v) is 6.77. The quantitative estimate of drug-likeness (QED) is 0.655. The molecule has 26 heavy (non-hydrogen) atoms. The molecule has 2 heterocycles. The van der Waals surface area contributed by atoms with Gasteiger partial charge < -0.3 is 20.0 Å². The number of halogens is 1. The van der Waals surface area contributed by atoms with Gasteiger partial charge in [-0.15, -0.1) is 0 Å². The monoisotopic (exact) mass is 361 g/mol. The number of carbonyl (C=O) groups excluding carboxylic acids is 1. The van der Waals surface area contributed by atoms with E-state index in [2.05, 4.69) is 20.1 Å². The van der Waals surface area contributed by atoms with Gasteiger partial charge in [0.1, 0.15) is 5.82 Å². The molecule has 2 aliphatic rings. The molecule has 0 bridgehead atoms. The molecule has 0 atom stereocenters. The number of hydrogen-bond acceptors (Lipinski definition) is 3. The maximum Gasteiger partial charge on any atom is 0.241 e. The highest BCUT2D eigenvalue weighted by Gasteiger charge is 2.22. The van der Waals surface area contributed by atoms with Crippen molar-refractivity contribution in [1.29, 1.82) is 0 Å². The van der Waals surface area contributed by atoms with E-state index in [0.29, 0.717) is 5.69 Å². The lowest BCUT2D eigenvalue weighted by Gasteiger charge is -2.38. The summed E-state index contributed by atoms with van der Waals surface area (Å²) in [5, 5.41) is 3.19. The van der Waals surface area contributed by atoms with Crippen molar-refractivity contribution in [2.45, 2.75) is 19.3 Å². The number of aliphatic imine (C=N–C) groups is 1. The fraction of sp³-hybridized carbons (Fsp3) is 0.579. The van der Waals surface area contributed by atoms with Gasteiger partial charge in [-0.1, -0.05) is 12.1 Å². The molecule has 0 saturated carbocycles. The lowest BCUT2D eigenvalue weighted by atomic mass is 10.1.